The highest BCUT2D eigenvalue weighted by atomic mass is 16.1. The van der Waals surface area contributed by atoms with E-state index in [-0.39, 0.29) is 11.5 Å². The van der Waals surface area contributed by atoms with Gasteiger partial charge in [-0.3, -0.25) is 9.78 Å². The molecule has 0 saturated carbocycles. The Labute approximate surface area is 90.9 Å². The lowest BCUT2D eigenvalue weighted by Gasteiger charge is -2.16. The van der Waals surface area contributed by atoms with E-state index < -0.39 is 0 Å². The Balaban J connectivity index is 2.35. The van der Waals surface area contributed by atoms with Gasteiger partial charge in [0.1, 0.15) is 0 Å². The van der Waals surface area contributed by atoms with Gasteiger partial charge in [0.25, 0.3) is 5.56 Å². The van der Waals surface area contributed by atoms with Crippen LogP contribution in [0.25, 0.3) is 11.0 Å². The maximum absolute atomic E-state index is 11.6. The van der Waals surface area contributed by atoms with Crippen molar-refractivity contribution < 1.29 is 0 Å². The first-order chi connectivity index (χ1) is 7.74. The Bertz CT molecular complexity index is 618. The summed E-state index contributed by atoms with van der Waals surface area (Å²) in [4.78, 5) is 22.5. The summed E-state index contributed by atoms with van der Waals surface area (Å²) in [5.41, 5.74) is 7.75. The third-order valence-electron chi connectivity index (χ3n) is 2.74. The van der Waals surface area contributed by atoms with Gasteiger partial charge in [-0.05, 0) is 11.6 Å². The molecular formula is C10H11N5O. The van der Waals surface area contributed by atoms with Crippen molar-refractivity contribution in [3.05, 3.63) is 27.7 Å². The fourth-order valence-electron chi connectivity index (χ4n) is 1.96. The van der Waals surface area contributed by atoms with Crippen LogP contribution in [0.2, 0.25) is 0 Å². The predicted molar refractivity (Wildman–Crippen MR) is 60.0 cm³/mol. The molecule has 1 aliphatic rings. The van der Waals surface area contributed by atoms with E-state index in [1.807, 2.05) is 6.07 Å². The number of nitrogen functional groups attached to an aromatic ring is 1. The summed E-state index contributed by atoms with van der Waals surface area (Å²) in [6.45, 7) is 1.66. The lowest BCUT2D eigenvalue weighted by atomic mass is 10.1. The minimum absolute atomic E-state index is 0.110. The Morgan fingerprint density at radius 3 is 3.12 bits per heavy atom. The van der Waals surface area contributed by atoms with Gasteiger partial charge >= 0.3 is 0 Å². The van der Waals surface area contributed by atoms with Crippen LogP contribution in [-0.2, 0) is 13.0 Å². The number of nitrogens with zero attached hydrogens (tertiary/aromatic N) is 2. The smallest absolute Gasteiger partial charge is 0.261 e. The van der Waals surface area contributed by atoms with Crippen LogP contribution in [0, 0.1) is 0 Å². The van der Waals surface area contributed by atoms with E-state index in [2.05, 4.69) is 20.3 Å². The molecule has 0 aromatic carbocycles. The molecule has 0 saturated heterocycles. The van der Waals surface area contributed by atoms with Gasteiger partial charge in [0.05, 0.1) is 5.39 Å². The van der Waals surface area contributed by atoms with Crippen LogP contribution < -0.4 is 16.6 Å². The molecule has 1 aliphatic heterocycles. The van der Waals surface area contributed by atoms with Gasteiger partial charge in [-0.2, -0.15) is 4.98 Å². The number of aromatic nitrogens is 3. The zero-order chi connectivity index (χ0) is 11.1. The normalized spacial score (nSPS) is 15.0. The second-order valence-corrected chi connectivity index (χ2v) is 3.84. The first-order valence-corrected chi connectivity index (χ1v) is 5.13. The molecule has 6 heteroatoms. The predicted octanol–water partition coefficient (Wildman–Crippen LogP) is -0.454. The molecule has 16 heavy (non-hydrogen) atoms. The molecule has 3 rings (SSSR count). The summed E-state index contributed by atoms with van der Waals surface area (Å²) in [6.07, 6.45) is 0.861. The average molecular weight is 217 g/mol. The topological polar surface area (TPSA) is 96.7 Å². The van der Waals surface area contributed by atoms with Crippen LogP contribution in [0.3, 0.4) is 0 Å². The number of nitrogens with one attached hydrogen (secondary N) is 2. The van der Waals surface area contributed by atoms with Crippen LogP contribution in [-0.4, -0.2) is 21.5 Å². The first-order valence-electron chi connectivity index (χ1n) is 5.13. The Morgan fingerprint density at radius 1 is 1.38 bits per heavy atom. The zero-order valence-electron chi connectivity index (χ0n) is 8.58. The fourth-order valence-corrected chi connectivity index (χ4v) is 1.96. The summed E-state index contributed by atoms with van der Waals surface area (Å²) in [6, 6.07) is 1.84. The molecule has 0 atom stereocenters. The monoisotopic (exact) mass is 217 g/mol. The van der Waals surface area contributed by atoms with Gasteiger partial charge in [0.15, 0.2) is 5.65 Å². The molecule has 0 aliphatic carbocycles. The third-order valence-corrected chi connectivity index (χ3v) is 2.74. The van der Waals surface area contributed by atoms with Gasteiger partial charge in [0, 0.05) is 25.2 Å². The number of nitrogens with two attached hydrogens (primary N) is 1. The minimum atomic E-state index is -0.233. The Hall–Kier alpha value is -1.95. The van der Waals surface area contributed by atoms with Crippen LogP contribution >= 0.6 is 0 Å². The number of hydrogen-bond donors (Lipinski definition) is 3. The van der Waals surface area contributed by atoms with Gasteiger partial charge in [-0.1, -0.05) is 0 Å². The molecule has 0 radical (unpaired) electrons. The number of rotatable bonds is 0. The molecule has 0 amide bonds. The summed E-state index contributed by atoms with van der Waals surface area (Å²) in [5, 5.41) is 3.74. The standard InChI is InChI=1S/C10H11N5O/c11-10-14-8-6(9(16)15-10)3-5-4-12-2-1-7(5)13-8/h3,12H,1-2,4H2,(H3,11,13,14,15,16). The molecule has 3 heterocycles. The lowest BCUT2D eigenvalue weighted by molar-refractivity contribution is 0.632. The average Bonchev–Trinajstić information content (AvgIpc) is 2.27. The molecule has 2 aromatic heterocycles. The van der Waals surface area contributed by atoms with Crippen molar-refractivity contribution >= 4 is 17.0 Å². The largest absolute Gasteiger partial charge is 0.369 e. The van der Waals surface area contributed by atoms with E-state index in [1.165, 1.54) is 0 Å². The van der Waals surface area contributed by atoms with Crippen LogP contribution in [0.5, 0.6) is 0 Å². The summed E-state index contributed by atoms with van der Waals surface area (Å²) < 4.78 is 0. The van der Waals surface area contributed by atoms with Crippen molar-refractivity contribution in [2.45, 2.75) is 13.0 Å². The summed E-state index contributed by atoms with van der Waals surface area (Å²) >= 11 is 0. The van der Waals surface area contributed by atoms with Crippen LogP contribution in [0.4, 0.5) is 5.95 Å². The fraction of sp³-hybridized carbons (Fsp3) is 0.300. The van der Waals surface area contributed by atoms with Crippen molar-refractivity contribution in [2.75, 3.05) is 12.3 Å². The molecule has 0 spiro atoms. The second kappa shape index (κ2) is 3.28. The molecule has 0 fully saturated rings. The Morgan fingerprint density at radius 2 is 2.25 bits per heavy atom. The van der Waals surface area contributed by atoms with E-state index in [0.717, 1.165) is 30.8 Å². The van der Waals surface area contributed by atoms with E-state index in [1.54, 1.807) is 0 Å². The van der Waals surface area contributed by atoms with Gasteiger partial charge in [0.2, 0.25) is 5.95 Å². The number of hydrogen-bond acceptors (Lipinski definition) is 5. The van der Waals surface area contributed by atoms with E-state index >= 15 is 0 Å². The maximum atomic E-state index is 11.6. The molecular weight excluding hydrogens is 206 g/mol. The van der Waals surface area contributed by atoms with Crippen LogP contribution in [0.15, 0.2) is 10.9 Å². The van der Waals surface area contributed by atoms with E-state index in [9.17, 15) is 4.79 Å². The van der Waals surface area contributed by atoms with Crippen molar-refractivity contribution in [1.29, 1.82) is 0 Å². The molecule has 2 aromatic rings. The summed E-state index contributed by atoms with van der Waals surface area (Å²) in [5.74, 6) is 0.110. The molecule has 4 N–H and O–H groups in total. The SMILES string of the molecule is Nc1nc2nc3c(cc2c(=O)[nH]1)CNCC3. The Kier molecular flexibility index (Phi) is 1.90. The van der Waals surface area contributed by atoms with E-state index in [0.29, 0.717) is 11.0 Å². The van der Waals surface area contributed by atoms with Crippen molar-refractivity contribution in [1.82, 2.24) is 20.3 Å². The van der Waals surface area contributed by atoms with Gasteiger partial charge in [-0.25, -0.2) is 4.98 Å². The summed E-state index contributed by atoms with van der Waals surface area (Å²) in [7, 11) is 0. The van der Waals surface area contributed by atoms with Gasteiger partial charge in [-0.15, -0.1) is 0 Å². The number of aromatic amines is 1. The third kappa shape index (κ3) is 1.35. The number of pyridine rings is 1. The van der Waals surface area contributed by atoms with Crippen molar-refractivity contribution in [3.63, 3.8) is 0 Å². The highest BCUT2D eigenvalue weighted by Gasteiger charge is 2.13. The first kappa shape index (κ1) is 9.29. The molecule has 0 unspecified atom stereocenters. The highest BCUT2D eigenvalue weighted by Crippen LogP contribution is 2.15. The highest BCUT2D eigenvalue weighted by molar-refractivity contribution is 5.75. The van der Waals surface area contributed by atoms with Crippen molar-refractivity contribution in [2.24, 2.45) is 0 Å². The maximum Gasteiger partial charge on any atom is 0.261 e. The lowest BCUT2D eigenvalue weighted by Crippen LogP contribution is -2.25. The molecule has 82 valence electrons. The number of H-pyrrole nitrogens is 1. The van der Waals surface area contributed by atoms with Gasteiger partial charge < -0.3 is 11.1 Å². The molecule has 6 nitrogen and oxygen atoms in total. The second-order valence-electron chi connectivity index (χ2n) is 3.84. The minimum Gasteiger partial charge on any atom is -0.369 e. The number of fused-ring (bicyclic) bond motifs is 2. The quantitative estimate of drug-likeness (QED) is 0.555. The van der Waals surface area contributed by atoms with Crippen molar-refractivity contribution in [3.8, 4) is 0 Å². The number of anilines is 1. The van der Waals surface area contributed by atoms with E-state index in [4.69, 9.17) is 5.73 Å². The zero-order valence-corrected chi connectivity index (χ0v) is 8.58. The molecule has 0 bridgehead atoms. The van der Waals surface area contributed by atoms with Crippen LogP contribution in [0.1, 0.15) is 11.3 Å².